The zero-order chi connectivity index (χ0) is 12.3. The Morgan fingerprint density at radius 3 is 2.07 bits per heavy atom. The lowest BCUT2D eigenvalue weighted by Gasteiger charge is -1.76. The van der Waals surface area contributed by atoms with Crippen molar-refractivity contribution in [2.24, 2.45) is 0 Å². The normalized spacial score (nSPS) is 10.4. The van der Waals surface area contributed by atoms with Gasteiger partial charge in [0.25, 0.3) is 0 Å². The molecule has 1 rings (SSSR count). The summed E-state index contributed by atoms with van der Waals surface area (Å²) in [7, 11) is 0. The molecule has 0 saturated heterocycles. The lowest BCUT2D eigenvalue weighted by molar-refractivity contribution is 1.03. The van der Waals surface area contributed by atoms with Crippen molar-refractivity contribution in [3.05, 3.63) is 28.4 Å². The molecule has 0 saturated carbocycles. The smallest absolute Gasteiger partial charge is 0.0669 e. The predicted octanol–water partition coefficient (Wildman–Crippen LogP) is 2.54. The molecule has 0 aliphatic heterocycles. The lowest BCUT2D eigenvalue weighted by atomic mass is 10.3. The zero-order valence-corrected chi connectivity index (χ0v) is 10.9. The molecule has 0 aliphatic rings. The highest BCUT2D eigenvalue weighted by Gasteiger charge is 1.89. The summed E-state index contributed by atoms with van der Waals surface area (Å²) in [5, 5.41) is 8.80. The molecule has 2 heteroatoms. The second-order valence-corrected chi connectivity index (χ2v) is 2.39. The molecule has 0 bridgehead atoms. The zero-order valence-electron chi connectivity index (χ0n) is 10.9. The largest absolute Gasteiger partial charge is 0.278 e. The molecule has 1 aromatic rings. The molecule has 0 unspecified atom stereocenters. The fraction of sp³-hybridized carbons (Fsp3) is 0.462. The summed E-state index contributed by atoms with van der Waals surface area (Å²) in [6, 6.07) is 0. The number of nitrogens with zero attached hydrogens (tertiary/aromatic N) is 1. The third-order valence-corrected chi connectivity index (χ3v) is 1.53. The van der Waals surface area contributed by atoms with Crippen LogP contribution in [0.2, 0.25) is 0 Å². The maximum absolute atomic E-state index is 4.02. The summed E-state index contributed by atoms with van der Waals surface area (Å²) in [6.45, 7) is 15.8. The summed E-state index contributed by atoms with van der Waals surface area (Å²) in [6.07, 6.45) is 5.96. The Hall–Kier alpha value is -1.31. The molecule has 0 spiro atoms. The number of hydrogen-bond donors (Lipinski definition) is 1. The Balaban J connectivity index is 0. The van der Waals surface area contributed by atoms with Gasteiger partial charge in [-0.3, -0.25) is 5.10 Å². The average molecular weight is 208 g/mol. The maximum atomic E-state index is 4.02. The molecule has 0 amide bonds. The molecule has 1 N–H and O–H groups in total. The van der Waals surface area contributed by atoms with Crippen molar-refractivity contribution in [3.63, 3.8) is 0 Å². The number of allylic oxidation sites excluding steroid dienone is 2. The summed E-state index contributed by atoms with van der Waals surface area (Å²) in [5.41, 5.74) is 0.994. The van der Waals surface area contributed by atoms with Gasteiger partial charge in [0.1, 0.15) is 0 Å². The van der Waals surface area contributed by atoms with Crippen LogP contribution in [0.25, 0.3) is 12.7 Å². The molecule has 0 radical (unpaired) electrons. The third kappa shape index (κ3) is 5.89. The predicted molar refractivity (Wildman–Crippen MR) is 70.1 cm³/mol. The van der Waals surface area contributed by atoms with Crippen LogP contribution in [0, 0.1) is 6.92 Å². The van der Waals surface area contributed by atoms with Crippen LogP contribution in [0.5, 0.6) is 0 Å². The summed E-state index contributed by atoms with van der Waals surface area (Å²) in [4.78, 5) is 0. The standard InChI is InChI=1S/C9H12N2.2C2H6/c1-4-5-6-9-7(2)10-11-8(9)3;2*1-2/h4-6,10H,2H2,1,3H3;2*1-2H3/b5-4-,9-6+;;. The molecule has 2 nitrogen and oxygen atoms in total. The van der Waals surface area contributed by atoms with Gasteiger partial charge in [-0.15, -0.1) is 0 Å². The Bertz CT molecular complexity index is 358. The highest BCUT2D eigenvalue weighted by atomic mass is 15.1. The lowest BCUT2D eigenvalue weighted by Crippen LogP contribution is -2.21. The minimum atomic E-state index is 0.876. The molecule has 1 aromatic heterocycles. The fourth-order valence-corrected chi connectivity index (χ4v) is 0.904. The van der Waals surface area contributed by atoms with Gasteiger partial charge in [0.2, 0.25) is 0 Å². The highest BCUT2D eigenvalue weighted by Crippen LogP contribution is 1.75. The first-order chi connectivity index (χ1) is 7.25. The van der Waals surface area contributed by atoms with Crippen molar-refractivity contribution in [2.75, 3.05) is 0 Å². The molecular formula is C13H24N2. The number of rotatable bonds is 1. The van der Waals surface area contributed by atoms with Crippen LogP contribution in [0.15, 0.2) is 12.2 Å². The van der Waals surface area contributed by atoms with Crippen LogP contribution in [-0.2, 0) is 0 Å². The summed E-state index contributed by atoms with van der Waals surface area (Å²) in [5.74, 6) is 0. The molecular weight excluding hydrogens is 184 g/mol. The van der Waals surface area contributed by atoms with Crippen LogP contribution in [0.3, 0.4) is 0 Å². The van der Waals surface area contributed by atoms with Crippen LogP contribution in [0.4, 0.5) is 0 Å². The third-order valence-electron chi connectivity index (χ3n) is 1.53. The first-order valence-electron chi connectivity index (χ1n) is 5.58. The second kappa shape index (κ2) is 10.8. The van der Waals surface area contributed by atoms with E-state index in [1.54, 1.807) is 0 Å². The van der Waals surface area contributed by atoms with Gasteiger partial charge < -0.3 is 0 Å². The number of aromatic nitrogens is 2. The summed E-state index contributed by atoms with van der Waals surface area (Å²) >= 11 is 0. The van der Waals surface area contributed by atoms with E-state index in [-0.39, 0.29) is 0 Å². The number of nitrogens with one attached hydrogen (secondary N) is 1. The van der Waals surface area contributed by atoms with E-state index in [1.165, 1.54) is 0 Å². The molecule has 0 aromatic carbocycles. The van der Waals surface area contributed by atoms with Crippen molar-refractivity contribution >= 4 is 12.7 Å². The SMILES string of the molecule is C=c1[nH]nc(C)/c1=C/C=C\C.CC.CC. The molecule has 86 valence electrons. The van der Waals surface area contributed by atoms with E-state index >= 15 is 0 Å². The van der Waals surface area contributed by atoms with E-state index < -0.39 is 0 Å². The van der Waals surface area contributed by atoms with Gasteiger partial charge in [0.05, 0.1) is 11.0 Å². The minimum Gasteiger partial charge on any atom is -0.278 e. The minimum absolute atomic E-state index is 0.876. The van der Waals surface area contributed by atoms with Gasteiger partial charge in [-0.05, 0) is 13.8 Å². The van der Waals surface area contributed by atoms with Gasteiger partial charge in [-0.25, -0.2) is 0 Å². The van der Waals surface area contributed by atoms with Gasteiger partial charge in [0.15, 0.2) is 0 Å². The average Bonchev–Trinajstić information content (AvgIpc) is 2.62. The first-order valence-corrected chi connectivity index (χ1v) is 5.58. The van der Waals surface area contributed by atoms with Crippen molar-refractivity contribution < 1.29 is 0 Å². The molecule has 0 aliphatic carbocycles. The topological polar surface area (TPSA) is 28.7 Å². The van der Waals surface area contributed by atoms with Gasteiger partial charge in [-0.2, -0.15) is 5.10 Å². The van der Waals surface area contributed by atoms with Crippen molar-refractivity contribution in [1.82, 2.24) is 10.2 Å². The molecule has 15 heavy (non-hydrogen) atoms. The Morgan fingerprint density at radius 2 is 1.73 bits per heavy atom. The van der Waals surface area contributed by atoms with E-state index in [2.05, 4.69) is 16.8 Å². The van der Waals surface area contributed by atoms with E-state index in [0.717, 1.165) is 16.3 Å². The maximum Gasteiger partial charge on any atom is 0.0669 e. The number of hydrogen-bond acceptors (Lipinski definition) is 1. The van der Waals surface area contributed by atoms with Crippen molar-refractivity contribution in [1.29, 1.82) is 0 Å². The van der Waals surface area contributed by atoms with Crippen LogP contribution in [-0.4, -0.2) is 10.2 Å². The van der Waals surface area contributed by atoms with Gasteiger partial charge in [-0.1, -0.05) is 52.5 Å². The van der Waals surface area contributed by atoms with Gasteiger partial charge >= 0.3 is 0 Å². The van der Waals surface area contributed by atoms with Crippen molar-refractivity contribution in [2.45, 2.75) is 41.5 Å². The fourth-order valence-electron chi connectivity index (χ4n) is 0.904. The second-order valence-electron chi connectivity index (χ2n) is 2.39. The number of aromatic amines is 1. The monoisotopic (exact) mass is 208 g/mol. The number of aryl methyl sites for hydroxylation is 1. The highest BCUT2D eigenvalue weighted by molar-refractivity contribution is 5.37. The number of H-pyrrole nitrogens is 1. The molecule has 0 fully saturated rings. The van der Waals surface area contributed by atoms with E-state index in [9.17, 15) is 0 Å². The Kier molecular flexibility index (Phi) is 11.6. The Morgan fingerprint density at radius 1 is 1.20 bits per heavy atom. The Labute approximate surface area is 93.4 Å². The molecule has 0 atom stereocenters. The molecule has 1 heterocycles. The van der Waals surface area contributed by atoms with Crippen LogP contribution >= 0.6 is 0 Å². The van der Waals surface area contributed by atoms with E-state index in [4.69, 9.17) is 0 Å². The van der Waals surface area contributed by atoms with Gasteiger partial charge in [0, 0.05) is 5.22 Å². The van der Waals surface area contributed by atoms with E-state index in [1.807, 2.05) is 59.8 Å². The van der Waals surface area contributed by atoms with Crippen molar-refractivity contribution in [3.8, 4) is 0 Å². The van der Waals surface area contributed by atoms with Crippen LogP contribution in [0.1, 0.15) is 40.3 Å². The van der Waals surface area contributed by atoms with E-state index in [0.29, 0.717) is 0 Å². The quantitative estimate of drug-likeness (QED) is 0.755. The summed E-state index contributed by atoms with van der Waals surface area (Å²) < 4.78 is 0. The first kappa shape index (κ1) is 16.1. The van der Waals surface area contributed by atoms with Crippen LogP contribution < -0.4 is 10.6 Å².